The number of para-hydroxylation sites is 1. The molecule has 0 aliphatic rings. The first-order chi connectivity index (χ1) is 22.8. The number of alkyl halides is 3. The van der Waals surface area contributed by atoms with E-state index in [1.807, 2.05) is 72.8 Å². The lowest BCUT2D eigenvalue weighted by atomic mass is 9.90. The summed E-state index contributed by atoms with van der Waals surface area (Å²) in [6.45, 7) is 1.88. The molecule has 0 atom stereocenters. The molecule has 0 radical (unpaired) electrons. The van der Waals surface area contributed by atoms with Crippen molar-refractivity contribution in [1.29, 1.82) is 0 Å². The summed E-state index contributed by atoms with van der Waals surface area (Å²) in [6.07, 6.45) is -3.10. The van der Waals surface area contributed by atoms with Gasteiger partial charge in [0.05, 0.1) is 17.2 Å². The van der Waals surface area contributed by atoms with Crippen LogP contribution in [0.1, 0.15) is 51.4 Å². The molecule has 0 heterocycles. The van der Waals surface area contributed by atoms with Crippen molar-refractivity contribution < 1.29 is 22.7 Å². The molecule has 1 N–H and O–H groups in total. The van der Waals surface area contributed by atoms with Crippen LogP contribution in [0.2, 0.25) is 5.02 Å². The predicted octanol–water partition coefficient (Wildman–Crippen LogP) is 10.1. The lowest BCUT2D eigenvalue weighted by Crippen LogP contribution is -2.30. The van der Waals surface area contributed by atoms with Gasteiger partial charge in [0, 0.05) is 30.3 Å². The number of anilines is 1. The summed E-state index contributed by atoms with van der Waals surface area (Å²) in [5.74, 6) is 0.367. The number of hydrogen-bond donors (Lipinski definition) is 1. The first-order valence-corrected chi connectivity index (χ1v) is 15.9. The second-order valence-electron chi connectivity index (χ2n) is 11.3. The molecule has 0 aliphatic heterocycles. The van der Waals surface area contributed by atoms with Gasteiger partial charge in [0.15, 0.2) is 0 Å². The molecule has 0 aliphatic carbocycles. The molecule has 5 aromatic rings. The lowest BCUT2D eigenvalue weighted by Gasteiger charge is -2.29. The number of carbonyl (C=O) groups excluding carboxylic acids is 1. The third-order valence-corrected chi connectivity index (χ3v) is 8.33. The number of unbranched alkanes of at least 4 members (excludes halogenated alkanes) is 1. The molecule has 8 heteroatoms. The maximum absolute atomic E-state index is 13.7. The molecule has 242 valence electrons. The second kappa shape index (κ2) is 16.3. The van der Waals surface area contributed by atoms with Gasteiger partial charge in [0.2, 0.25) is 0 Å². The topological polar surface area (TPSA) is 41.6 Å². The van der Waals surface area contributed by atoms with E-state index in [0.29, 0.717) is 48.7 Å². The van der Waals surface area contributed by atoms with Crippen molar-refractivity contribution in [3.05, 3.63) is 166 Å². The Morgan fingerprint density at radius 2 is 1.38 bits per heavy atom. The number of carbonyl (C=O) groups is 1. The van der Waals surface area contributed by atoms with Crippen LogP contribution in [0.25, 0.3) is 0 Å². The van der Waals surface area contributed by atoms with Crippen molar-refractivity contribution in [3.8, 4) is 5.75 Å². The number of amides is 1. The van der Waals surface area contributed by atoms with Crippen LogP contribution in [0.4, 0.5) is 18.9 Å². The maximum atomic E-state index is 13.7. The van der Waals surface area contributed by atoms with Crippen LogP contribution in [0.15, 0.2) is 133 Å². The third-order valence-electron chi connectivity index (χ3n) is 7.89. The Morgan fingerprint density at radius 1 is 0.766 bits per heavy atom. The van der Waals surface area contributed by atoms with E-state index in [4.69, 9.17) is 16.3 Å². The van der Waals surface area contributed by atoms with E-state index in [-0.39, 0.29) is 23.4 Å². The van der Waals surface area contributed by atoms with E-state index in [1.54, 1.807) is 24.3 Å². The maximum Gasteiger partial charge on any atom is 0.417 e. The van der Waals surface area contributed by atoms with Crippen molar-refractivity contribution in [3.63, 3.8) is 0 Å². The van der Waals surface area contributed by atoms with E-state index in [9.17, 15) is 18.0 Å². The molecular weight excluding hydrogens is 621 g/mol. The highest BCUT2D eigenvalue weighted by atomic mass is 35.5. The highest BCUT2D eigenvalue weighted by molar-refractivity contribution is 6.32. The molecule has 0 aromatic heterocycles. The number of hydrogen-bond acceptors (Lipinski definition) is 3. The summed E-state index contributed by atoms with van der Waals surface area (Å²) >= 11 is 6.34. The van der Waals surface area contributed by atoms with Gasteiger partial charge in [-0.3, -0.25) is 9.69 Å². The number of halogens is 4. The van der Waals surface area contributed by atoms with E-state index in [1.165, 1.54) is 6.07 Å². The van der Waals surface area contributed by atoms with Crippen LogP contribution in [-0.2, 0) is 12.7 Å². The molecule has 5 aromatic carbocycles. The smallest absolute Gasteiger partial charge is 0.417 e. The zero-order chi connectivity index (χ0) is 33.1. The Labute approximate surface area is 278 Å². The molecule has 4 nitrogen and oxygen atoms in total. The number of benzene rings is 5. The molecule has 0 bridgehead atoms. The minimum absolute atomic E-state index is 0.00277. The Morgan fingerprint density at radius 3 is 2.02 bits per heavy atom. The van der Waals surface area contributed by atoms with Gasteiger partial charge >= 0.3 is 6.18 Å². The van der Waals surface area contributed by atoms with Gasteiger partial charge in [-0.1, -0.05) is 109 Å². The van der Waals surface area contributed by atoms with E-state index in [2.05, 4.69) is 34.5 Å². The average molecular weight is 657 g/mol. The van der Waals surface area contributed by atoms with Gasteiger partial charge in [-0.25, -0.2) is 0 Å². The minimum atomic E-state index is -4.54. The van der Waals surface area contributed by atoms with E-state index < -0.39 is 11.7 Å². The summed E-state index contributed by atoms with van der Waals surface area (Å²) in [5.41, 5.74) is 3.05. The first-order valence-electron chi connectivity index (χ1n) is 15.5. The van der Waals surface area contributed by atoms with Crippen LogP contribution in [0, 0.1) is 0 Å². The standard InChI is InChI=1S/C39H36ClF3N2O2/c40-37-32(19-13-23-36(37)39(41,42)43)27-45(28-35(29-14-4-1-5-15-29)30-16-6-2-7-17-30)24-10-11-25-47-34-22-12-18-31(26-34)38(46)44-33-20-8-3-9-21-33/h1-9,12-23,26,35H,10-11,24-25,27-28H2,(H,44,46). The summed E-state index contributed by atoms with van der Waals surface area (Å²) < 4.78 is 47.0. The van der Waals surface area contributed by atoms with Crippen molar-refractivity contribution in [2.24, 2.45) is 0 Å². The number of ether oxygens (including phenoxy) is 1. The molecule has 1 amide bonds. The van der Waals surface area contributed by atoms with Gasteiger partial charge in [-0.15, -0.1) is 0 Å². The molecule has 0 spiro atoms. The molecule has 0 saturated heterocycles. The van der Waals surface area contributed by atoms with Crippen molar-refractivity contribution >= 4 is 23.2 Å². The number of rotatable bonds is 14. The quantitative estimate of drug-likeness (QED) is 0.121. The molecule has 47 heavy (non-hydrogen) atoms. The molecule has 0 fully saturated rings. The summed E-state index contributed by atoms with van der Waals surface area (Å²) in [5, 5.41) is 2.61. The Balaban J connectivity index is 1.26. The molecule has 0 unspecified atom stereocenters. The highest BCUT2D eigenvalue weighted by Crippen LogP contribution is 2.37. The number of nitrogens with one attached hydrogen (secondary N) is 1. The first kappa shape index (κ1) is 33.8. The van der Waals surface area contributed by atoms with Gasteiger partial charge in [0.25, 0.3) is 5.91 Å². The van der Waals surface area contributed by atoms with Crippen LogP contribution >= 0.6 is 11.6 Å². The van der Waals surface area contributed by atoms with Crippen LogP contribution in [-0.4, -0.2) is 30.5 Å². The van der Waals surface area contributed by atoms with E-state index >= 15 is 0 Å². The molecule has 0 saturated carbocycles. The average Bonchev–Trinajstić information content (AvgIpc) is 3.08. The summed E-state index contributed by atoms with van der Waals surface area (Å²) in [7, 11) is 0. The fourth-order valence-electron chi connectivity index (χ4n) is 5.51. The van der Waals surface area contributed by atoms with Gasteiger partial charge in [-0.2, -0.15) is 13.2 Å². The lowest BCUT2D eigenvalue weighted by molar-refractivity contribution is -0.137. The van der Waals surface area contributed by atoms with E-state index in [0.717, 1.165) is 23.6 Å². The van der Waals surface area contributed by atoms with Gasteiger partial charge in [-0.05, 0) is 72.5 Å². The predicted molar refractivity (Wildman–Crippen MR) is 182 cm³/mol. The monoisotopic (exact) mass is 656 g/mol. The van der Waals surface area contributed by atoms with Gasteiger partial charge in [0.1, 0.15) is 5.75 Å². The summed E-state index contributed by atoms with van der Waals surface area (Å²) in [4.78, 5) is 14.9. The zero-order valence-corrected chi connectivity index (χ0v) is 26.6. The zero-order valence-electron chi connectivity index (χ0n) is 25.8. The fraction of sp³-hybridized carbons (Fsp3) is 0.205. The van der Waals surface area contributed by atoms with Crippen molar-refractivity contribution in [1.82, 2.24) is 4.90 Å². The SMILES string of the molecule is O=C(Nc1ccccc1)c1cccc(OCCCCN(Cc2cccc(C(F)(F)F)c2Cl)CC(c2ccccc2)c2ccccc2)c1. The Bertz CT molecular complexity index is 1680. The Kier molecular flexibility index (Phi) is 11.7. The molecule has 5 rings (SSSR count). The third kappa shape index (κ3) is 9.70. The molecular formula is C39H36ClF3N2O2. The van der Waals surface area contributed by atoms with Crippen molar-refractivity contribution in [2.45, 2.75) is 31.5 Å². The largest absolute Gasteiger partial charge is 0.494 e. The highest BCUT2D eigenvalue weighted by Gasteiger charge is 2.34. The van der Waals surface area contributed by atoms with Gasteiger partial charge < -0.3 is 10.1 Å². The minimum Gasteiger partial charge on any atom is -0.494 e. The van der Waals surface area contributed by atoms with Crippen LogP contribution in [0.5, 0.6) is 5.75 Å². The normalized spacial score (nSPS) is 11.5. The van der Waals surface area contributed by atoms with Crippen LogP contribution < -0.4 is 10.1 Å². The summed E-state index contributed by atoms with van der Waals surface area (Å²) in [6, 6.07) is 40.6. The Hall–Kier alpha value is -4.59. The fourth-order valence-corrected chi connectivity index (χ4v) is 5.80. The number of nitrogens with zero attached hydrogens (tertiary/aromatic N) is 1. The van der Waals surface area contributed by atoms with Crippen molar-refractivity contribution in [2.75, 3.05) is 25.0 Å². The second-order valence-corrected chi connectivity index (χ2v) is 11.7. The van der Waals surface area contributed by atoms with Crippen LogP contribution in [0.3, 0.4) is 0 Å².